The van der Waals surface area contributed by atoms with Crippen LogP contribution < -0.4 is 5.32 Å². The number of imidazole rings is 1. The predicted octanol–water partition coefficient (Wildman–Crippen LogP) is 3.82. The van der Waals surface area contributed by atoms with Gasteiger partial charge in [-0.05, 0) is 54.5 Å². The molecule has 1 aliphatic rings. The van der Waals surface area contributed by atoms with Crippen molar-refractivity contribution in [2.24, 2.45) is 0 Å². The summed E-state index contributed by atoms with van der Waals surface area (Å²) in [6.45, 7) is 7.83. The zero-order valence-corrected chi connectivity index (χ0v) is 18.5. The third-order valence-electron chi connectivity index (χ3n) is 5.20. The highest BCUT2D eigenvalue weighted by atomic mass is 32.2. The molecule has 0 unspecified atom stereocenters. The number of aryl methyl sites for hydroxylation is 2. The number of carbonyl (C=O) groups excluding carboxylic acids is 1. The van der Waals surface area contributed by atoms with Gasteiger partial charge in [0, 0.05) is 43.4 Å². The Bertz CT molecular complexity index is 994. The first kappa shape index (κ1) is 20.2. The Morgan fingerprint density at radius 1 is 1.31 bits per heavy atom. The molecule has 1 aliphatic heterocycles. The molecule has 152 valence electrons. The minimum Gasteiger partial charge on any atom is -0.354 e. The molecule has 29 heavy (non-hydrogen) atoms. The monoisotopic (exact) mass is 426 g/mol. The van der Waals surface area contributed by atoms with Crippen LogP contribution in [0.5, 0.6) is 0 Å². The number of amides is 1. The van der Waals surface area contributed by atoms with E-state index in [0.29, 0.717) is 12.3 Å². The highest BCUT2D eigenvalue weighted by Gasteiger charge is 2.17. The summed E-state index contributed by atoms with van der Waals surface area (Å²) in [5.74, 6) is 0.426. The maximum absolute atomic E-state index is 12.3. The molecular weight excluding hydrogens is 400 g/mol. The molecule has 3 aromatic rings. The van der Waals surface area contributed by atoms with Gasteiger partial charge in [0.05, 0.1) is 11.4 Å². The van der Waals surface area contributed by atoms with Gasteiger partial charge < -0.3 is 5.32 Å². The van der Waals surface area contributed by atoms with E-state index in [1.165, 1.54) is 33.3 Å². The Labute approximate surface area is 180 Å². The zero-order chi connectivity index (χ0) is 20.2. The van der Waals surface area contributed by atoms with Crippen LogP contribution in [-0.4, -0.2) is 45.7 Å². The van der Waals surface area contributed by atoms with E-state index in [2.05, 4.69) is 63.3 Å². The number of nitrogens with zero attached hydrogens (tertiary/aromatic N) is 3. The van der Waals surface area contributed by atoms with Crippen molar-refractivity contribution in [3.63, 3.8) is 0 Å². The summed E-state index contributed by atoms with van der Waals surface area (Å²) in [6, 6.07) is 8.60. The number of nitrogens with one attached hydrogen (secondary N) is 1. The normalized spacial score (nSPS) is 14.0. The Morgan fingerprint density at radius 2 is 2.21 bits per heavy atom. The van der Waals surface area contributed by atoms with Gasteiger partial charge in [0.15, 0.2) is 5.16 Å². The van der Waals surface area contributed by atoms with Crippen molar-refractivity contribution in [2.45, 2.75) is 32.0 Å². The fraction of sp³-hybridized carbons (Fsp3) is 0.364. The van der Waals surface area contributed by atoms with Crippen molar-refractivity contribution < 1.29 is 4.79 Å². The van der Waals surface area contributed by atoms with Crippen LogP contribution in [0, 0.1) is 13.8 Å². The maximum Gasteiger partial charge on any atom is 0.230 e. The van der Waals surface area contributed by atoms with E-state index in [9.17, 15) is 4.79 Å². The lowest BCUT2D eigenvalue weighted by atomic mass is 10.1. The van der Waals surface area contributed by atoms with Crippen molar-refractivity contribution in [1.29, 1.82) is 0 Å². The highest BCUT2D eigenvalue weighted by Crippen LogP contribution is 2.24. The summed E-state index contributed by atoms with van der Waals surface area (Å²) >= 11 is 3.33. The lowest BCUT2D eigenvalue weighted by Crippen LogP contribution is -2.38. The Hall–Kier alpha value is -2.09. The number of carbonyl (C=O) groups is 1. The predicted molar refractivity (Wildman–Crippen MR) is 120 cm³/mol. The smallest absolute Gasteiger partial charge is 0.230 e. The molecule has 5 nitrogen and oxygen atoms in total. The molecule has 0 saturated heterocycles. The topological polar surface area (TPSA) is 50.2 Å². The van der Waals surface area contributed by atoms with E-state index < -0.39 is 0 Å². The number of fused-ring (bicyclic) bond motifs is 1. The van der Waals surface area contributed by atoms with Gasteiger partial charge >= 0.3 is 0 Å². The third kappa shape index (κ3) is 4.91. The fourth-order valence-electron chi connectivity index (χ4n) is 3.59. The Morgan fingerprint density at radius 3 is 3.10 bits per heavy atom. The molecule has 1 amide bonds. The number of rotatable bonds is 7. The summed E-state index contributed by atoms with van der Waals surface area (Å²) in [5, 5.41) is 6.07. The molecule has 7 heteroatoms. The molecule has 0 saturated carbocycles. The molecule has 1 aromatic carbocycles. The van der Waals surface area contributed by atoms with Crippen LogP contribution in [-0.2, 0) is 17.8 Å². The van der Waals surface area contributed by atoms with Crippen LogP contribution in [0.2, 0.25) is 0 Å². The minimum absolute atomic E-state index is 0.0544. The van der Waals surface area contributed by atoms with Gasteiger partial charge in [-0.2, -0.15) is 0 Å². The minimum atomic E-state index is 0.0544. The molecule has 0 spiro atoms. The second-order valence-electron chi connectivity index (χ2n) is 7.40. The first-order chi connectivity index (χ1) is 14.1. The van der Waals surface area contributed by atoms with Gasteiger partial charge in [-0.3, -0.25) is 14.3 Å². The quantitative estimate of drug-likeness (QED) is 0.584. The van der Waals surface area contributed by atoms with Gasteiger partial charge in [0.2, 0.25) is 5.91 Å². The summed E-state index contributed by atoms with van der Waals surface area (Å²) in [4.78, 5) is 20.7. The van der Waals surface area contributed by atoms with E-state index in [0.717, 1.165) is 36.9 Å². The van der Waals surface area contributed by atoms with Gasteiger partial charge in [-0.1, -0.05) is 23.9 Å². The number of hydrogen-bond acceptors (Lipinski definition) is 5. The fourth-order valence-corrected chi connectivity index (χ4v) is 5.28. The van der Waals surface area contributed by atoms with Gasteiger partial charge in [-0.15, -0.1) is 11.3 Å². The van der Waals surface area contributed by atoms with Crippen LogP contribution in [0.1, 0.15) is 21.6 Å². The molecule has 3 heterocycles. The second kappa shape index (κ2) is 9.15. The third-order valence-corrected chi connectivity index (χ3v) is 7.19. The van der Waals surface area contributed by atoms with Crippen LogP contribution in [0.25, 0.3) is 5.69 Å². The van der Waals surface area contributed by atoms with Gasteiger partial charge in [0.1, 0.15) is 0 Å². The Balaban J connectivity index is 1.26. The van der Waals surface area contributed by atoms with E-state index in [1.54, 1.807) is 6.20 Å². The lowest BCUT2D eigenvalue weighted by molar-refractivity contribution is -0.118. The van der Waals surface area contributed by atoms with Crippen molar-refractivity contribution in [3.05, 3.63) is 63.6 Å². The van der Waals surface area contributed by atoms with Crippen LogP contribution >= 0.6 is 23.1 Å². The largest absolute Gasteiger partial charge is 0.354 e. The van der Waals surface area contributed by atoms with E-state index in [1.807, 2.05) is 17.5 Å². The number of benzene rings is 1. The van der Waals surface area contributed by atoms with E-state index >= 15 is 0 Å². The average Bonchev–Trinajstić information content (AvgIpc) is 3.37. The summed E-state index contributed by atoms with van der Waals surface area (Å²) in [6.07, 6.45) is 4.87. The summed E-state index contributed by atoms with van der Waals surface area (Å²) < 4.78 is 2.06. The van der Waals surface area contributed by atoms with Gasteiger partial charge in [0.25, 0.3) is 0 Å². The number of thiophene rings is 1. The SMILES string of the molecule is Cc1ccc(C)c(-n2ccnc2SCC(=O)NCCN2CCc3sccc3C2)c1. The molecule has 2 aromatic heterocycles. The van der Waals surface area contributed by atoms with Crippen molar-refractivity contribution in [2.75, 3.05) is 25.4 Å². The summed E-state index contributed by atoms with van der Waals surface area (Å²) in [5.41, 5.74) is 4.96. The molecule has 0 bridgehead atoms. The molecule has 1 N–H and O–H groups in total. The van der Waals surface area contributed by atoms with Gasteiger partial charge in [-0.25, -0.2) is 4.98 Å². The van der Waals surface area contributed by atoms with E-state index in [-0.39, 0.29) is 5.91 Å². The molecule has 0 aliphatic carbocycles. The van der Waals surface area contributed by atoms with Crippen molar-refractivity contribution in [3.8, 4) is 5.69 Å². The zero-order valence-electron chi connectivity index (χ0n) is 16.9. The van der Waals surface area contributed by atoms with Crippen molar-refractivity contribution >= 4 is 29.0 Å². The Kier molecular flexibility index (Phi) is 6.37. The summed E-state index contributed by atoms with van der Waals surface area (Å²) in [7, 11) is 0. The first-order valence-corrected chi connectivity index (χ1v) is 11.7. The lowest BCUT2D eigenvalue weighted by Gasteiger charge is -2.26. The highest BCUT2D eigenvalue weighted by molar-refractivity contribution is 7.99. The average molecular weight is 427 g/mol. The standard InChI is InChI=1S/C22H26N4OS2/c1-16-3-4-17(2)19(13-16)26-11-8-24-22(26)29-15-21(27)23-7-10-25-9-5-20-18(14-25)6-12-28-20/h3-4,6,8,11-13H,5,7,9-10,14-15H2,1-2H3,(H,23,27). The van der Waals surface area contributed by atoms with E-state index in [4.69, 9.17) is 0 Å². The molecule has 0 atom stereocenters. The molecular formula is C22H26N4OS2. The maximum atomic E-state index is 12.3. The molecule has 0 radical (unpaired) electrons. The van der Waals surface area contributed by atoms with Crippen molar-refractivity contribution in [1.82, 2.24) is 19.8 Å². The molecule has 0 fully saturated rings. The first-order valence-electron chi connectivity index (χ1n) is 9.88. The second-order valence-corrected chi connectivity index (χ2v) is 9.35. The number of thioether (sulfide) groups is 1. The molecule has 4 rings (SSSR count). The van der Waals surface area contributed by atoms with Crippen LogP contribution in [0.15, 0.2) is 47.2 Å². The number of aromatic nitrogens is 2. The van der Waals surface area contributed by atoms with Crippen LogP contribution in [0.3, 0.4) is 0 Å². The van der Waals surface area contributed by atoms with Crippen LogP contribution in [0.4, 0.5) is 0 Å². The number of hydrogen-bond donors (Lipinski definition) is 1.